The normalized spacial score (nSPS) is 26.7. The van der Waals surface area contributed by atoms with E-state index in [0.29, 0.717) is 13.0 Å². The smallest absolute Gasteiger partial charge is 0.309 e. The molecule has 0 saturated carbocycles. The van der Waals surface area contributed by atoms with Crippen molar-refractivity contribution in [1.29, 1.82) is 0 Å². The number of hydrogen-bond acceptors (Lipinski definition) is 1. The van der Waals surface area contributed by atoms with Crippen LogP contribution in [0.4, 0.5) is 13.2 Å². The zero-order valence-corrected chi connectivity index (χ0v) is 8.80. The molecule has 1 nitrogen and oxygen atoms in total. The number of piperidine rings is 1. The molecule has 0 aromatic heterocycles. The highest BCUT2D eigenvalue weighted by atomic mass is 19.4. The monoisotopic (exact) mass is 229 g/mol. The van der Waals surface area contributed by atoms with Gasteiger partial charge in [0.05, 0.1) is 5.92 Å². The molecule has 0 spiro atoms. The van der Waals surface area contributed by atoms with Gasteiger partial charge >= 0.3 is 6.18 Å². The van der Waals surface area contributed by atoms with Crippen LogP contribution >= 0.6 is 0 Å². The van der Waals surface area contributed by atoms with Gasteiger partial charge in [0, 0.05) is 6.04 Å². The molecule has 1 N–H and O–H groups in total. The molecule has 0 radical (unpaired) electrons. The Kier molecular flexibility index (Phi) is 3.19. The predicted octanol–water partition coefficient (Wildman–Crippen LogP) is 3.29. The Balaban J connectivity index is 2.24. The molecule has 1 aromatic rings. The van der Waals surface area contributed by atoms with Crippen molar-refractivity contribution in [3.63, 3.8) is 0 Å². The second-order valence-corrected chi connectivity index (χ2v) is 4.13. The van der Waals surface area contributed by atoms with E-state index in [-0.39, 0.29) is 6.42 Å². The molecule has 88 valence electrons. The second-order valence-electron chi connectivity index (χ2n) is 4.13. The fourth-order valence-electron chi connectivity index (χ4n) is 2.25. The number of rotatable bonds is 1. The zero-order valence-electron chi connectivity index (χ0n) is 8.80. The van der Waals surface area contributed by atoms with Crippen molar-refractivity contribution < 1.29 is 13.2 Å². The average molecular weight is 229 g/mol. The summed E-state index contributed by atoms with van der Waals surface area (Å²) < 4.78 is 38.5. The molecule has 1 aliphatic heterocycles. The van der Waals surface area contributed by atoms with Gasteiger partial charge in [-0.3, -0.25) is 0 Å². The summed E-state index contributed by atoms with van der Waals surface area (Å²) in [5.41, 5.74) is 0.726. The molecule has 1 aliphatic rings. The first-order valence-electron chi connectivity index (χ1n) is 5.44. The van der Waals surface area contributed by atoms with Gasteiger partial charge in [-0.25, -0.2) is 0 Å². The Bertz CT molecular complexity index is 334. The van der Waals surface area contributed by atoms with Crippen LogP contribution in [0.15, 0.2) is 30.3 Å². The largest absolute Gasteiger partial charge is 0.393 e. The van der Waals surface area contributed by atoms with E-state index < -0.39 is 18.1 Å². The summed E-state index contributed by atoms with van der Waals surface area (Å²) in [6, 6.07) is 8.28. The number of hydrogen-bond donors (Lipinski definition) is 1. The van der Waals surface area contributed by atoms with Crippen molar-refractivity contribution in [2.45, 2.75) is 25.1 Å². The number of alkyl halides is 3. The molecule has 4 heteroatoms. The molecule has 16 heavy (non-hydrogen) atoms. The van der Waals surface area contributed by atoms with Crippen LogP contribution < -0.4 is 5.32 Å². The molecule has 1 heterocycles. The maximum absolute atomic E-state index is 12.8. The van der Waals surface area contributed by atoms with E-state index in [1.807, 2.05) is 6.07 Å². The quantitative estimate of drug-likeness (QED) is 0.779. The lowest BCUT2D eigenvalue weighted by Crippen LogP contribution is -2.41. The van der Waals surface area contributed by atoms with Crippen molar-refractivity contribution in [2.24, 2.45) is 5.92 Å². The van der Waals surface area contributed by atoms with Gasteiger partial charge in [0.25, 0.3) is 0 Å². The van der Waals surface area contributed by atoms with Crippen LogP contribution in [0.5, 0.6) is 0 Å². The SMILES string of the molecule is FC(F)(F)[C@H]1CCCN[C@@H]1c1ccccc1. The predicted molar refractivity (Wildman–Crippen MR) is 56.0 cm³/mol. The van der Waals surface area contributed by atoms with E-state index in [2.05, 4.69) is 5.32 Å². The molecule has 1 saturated heterocycles. The molecule has 2 rings (SSSR count). The van der Waals surface area contributed by atoms with Crippen LogP contribution in [0.1, 0.15) is 24.4 Å². The average Bonchev–Trinajstić information content (AvgIpc) is 2.29. The number of halogens is 3. The molecule has 1 fully saturated rings. The molecule has 0 bridgehead atoms. The highest BCUT2D eigenvalue weighted by Crippen LogP contribution is 2.40. The van der Waals surface area contributed by atoms with Crippen molar-refractivity contribution >= 4 is 0 Å². The van der Waals surface area contributed by atoms with E-state index in [4.69, 9.17) is 0 Å². The van der Waals surface area contributed by atoms with Crippen molar-refractivity contribution in [1.82, 2.24) is 5.32 Å². The molecule has 0 unspecified atom stereocenters. The molecule has 0 amide bonds. The van der Waals surface area contributed by atoms with Gasteiger partial charge < -0.3 is 5.32 Å². The first kappa shape index (κ1) is 11.5. The lowest BCUT2D eigenvalue weighted by molar-refractivity contribution is -0.189. The maximum atomic E-state index is 12.8. The van der Waals surface area contributed by atoms with Crippen LogP contribution in [0.25, 0.3) is 0 Å². The Labute approximate surface area is 92.7 Å². The lowest BCUT2D eigenvalue weighted by Gasteiger charge is -2.34. The third kappa shape index (κ3) is 2.38. The number of benzene rings is 1. The van der Waals surface area contributed by atoms with Crippen molar-refractivity contribution in [3.05, 3.63) is 35.9 Å². The van der Waals surface area contributed by atoms with Crippen LogP contribution in [-0.4, -0.2) is 12.7 Å². The van der Waals surface area contributed by atoms with Gasteiger partial charge in [0.15, 0.2) is 0 Å². The Morgan fingerprint density at radius 1 is 1.12 bits per heavy atom. The summed E-state index contributed by atoms with van der Waals surface area (Å²) in [5.74, 6) is -1.26. The summed E-state index contributed by atoms with van der Waals surface area (Å²) in [4.78, 5) is 0. The van der Waals surface area contributed by atoms with Crippen molar-refractivity contribution in [3.8, 4) is 0 Å². The van der Waals surface area contributed by atoms with Crippen LogP contribution in [-0.2, 0) is 0 Å². The van der Waals surface area contributed by atoms with Gasteiger partial charge in [0.1, 0.15) is 0 Å². The first-order valence-corrected chi connectivity index (χ1v) is 5.44. The summed E-state index contributed by atoms with van der Waals surface area (Å²) in [7, 11) is 0. The minimum Gasteiger partial charge on any atom is -0.309 e. The standard InChI is InChI=1S/C12H14F3N/c13-12(14,15)10-7-4-8-16-11(10)9-5-2-1-3-6-9/h1-3,5-6,10-11,16H,4,7-8H2/t10-,11+/m0/s1. The van der Waals surface area contributed by atoms with E-state index in [1.54, 1.807) is 24.3 Å². The highest BCUT2D eigenvalue weighted by Gasteiger charge is 2.45. The Morgan fingerprint density at radius 3 is 2.44 bits per heavy atom. The van der Waals surface area contributed by atoms with E-state index in [9.17, 15) is 13.2 Å². The summed E-state index contributed by atoms with van der Waals surface area (Å²) in [6.45, 7) is 0.659. The molecular weight excluding hydrogens is 215 g/mol. The Morgan fingerprint density at radius 2 is 1.81 bits per heavy atom. The molecule has 1 aromatic carbocycles. The molecular formula is C12H14F3N. The van der Waals surface area contributed by atoms with Gasteiger partial charge in [-0.2, -0.15) is 13.2 Å². The third-order valence-electron chi connectivity index (χ3n) is 3.04. The van der Waals surface area contributed by atoms with Crippen molar-refractivity contribution in [2.75, 3.05) is 6.54 Å². The minimum atomic E-state index is -4.12. The van der Waals surface area contributed by atoms with Gasteiger partial charge in [-0.15, -0.1) is 0 Å². The minimum absolute atomic E-state index is 0.218. The number of nitrogens with one attached hydrogen (secondary N) is 1. The topological polar surface area (TPSA) is 12.0 Å². The van der Waals surface area contributed by atoms with E-state index in [0.717, 1.165) is 5.56 Å². The third-order valence-corrected chi connectivity index (χ3v) is 3.04. The Hall–Kier alpha value is -1.03. The summed E-state index contributed by atoms with van der Waals surface area (Å²) >= 11 is 0. The van der Waals surface area contributed by atoms with Crippen LogP contribution in [0.2, 0.25) is 0 Å². The first-order chi connectivity index (χ1) is 7.59. The fraction of sp³-hybridized carbons (Fsp3) is 0.500. The second kappa shape index (κ2) is 4.45. The summed E-state index contributed by atoms with van der Waals surface area (Å²) in [6.07, 6.45) is -3.31. The fourth-order valence-corrected chi connectivity index (χ4v) is 2.25. The van der Waals surface area contributed by atoms with Gasteiger partial charge in [-0.1, -0.05) is 30.3 Å². The molecule has 2 atom stereocenters. The summed E-state index contributed by atoms with van der Waals surface area (Å²) in [5, 5.41) is 2.97. The highest BCUT2D eigenvalue weighted by molar-refractivity contribution is 5.20. The van der Waals surface area contributed by atoms with Crippen LogP contribution in [0.3, 0.4) is 0 Å². The lowest BCUT2D eigenvalue weighted by atomic mass is 9.86. The molecule has 0 aliphatic carbocycles. The van der Waals surface area contributed by atoms with Gasteiger partial charge in [-0.05, 0) is 24.9 Å². The van der Waals surface area contributed by atoms with Gasteiger partial charge in [0.2, 0.25) is 0 Å². The van der Waals surface area contributed by atoms with E-state index in [1.165, 1.54) is 0 Å². The maximum Gasteiger partial charge on any atom is 0.393 e. The zero-order chi connectivity index (χ0) is 11.6. The van der Waals surface area contributed by atoms with Crippen LogP contribution in [0, 0.1) is 5.92 Å². The van der Waals surface area contributed by atoms with E-state index >= 15 is 0 Å².